The van der Waals surface area contributed by atoms with Gasteiger partial charge in [0, 0.05) is 23.4 Å². The SMILES string of the molecule is CCOc1ccccc1NC(=O)CCc1nc(-c2cccc(Cl)c2)no1. The molecular weight excluding hydrogens is 354 g/mol. The highest BCUT2D eigenvalue weighted by Crippen LogP contribution is 2.24. The number of benzene rings is 2. The van der Waals surface area contributed by atoms with E-state index in [2.05, 4.69) is 15.5 Å². The molecule has 0 fully saturated rings. The normalized spacial score (nSPS) is 10.5. The van der Waals surface area contributed by atoms with Crippen LogP contribution >= 0.6 is 11.6 Å². The fourth-order valence-corrected chi connectivity index (χ4v) is 2.58. The molecule has 134 valence electrons. The molecule has 1 aromatic heterocycles. The molecule has 26 heavy (non-hydrogen) atoms. The van der Waals surface area contributed by atoms with Crippen molar-refractivity contribution in [3.05, 3.63) is 59.4 Å². The number of nitrogens with zero attached hydrogens (tertiary/aromatic N) is 2. The highest BCUT2D eigenvalue weighted by molar-refractivity contribution is 6.30. The van der Waals surface area contributed by atoms with Crippen LogP contribution in [0, 0.1) is 0 Å². The molecule has 0 saturated heterocycles. The molecule has 7 heteroatoms. The second-order valence-corrected chi connectivity index (χ2v) is 5.94. The Kier molecular flexibility index (Phi) is 5.86. The Morgan fingerprint density at radius 2 is 2.08 bits per heavy atom. The zero-order chi connectivity index (χ0) is 18.4. The summed E-state index contributed by atoms with van der Waals surface area (Å²) in [5.41, 5.74) is 1.41. The van der Waals surface area contributed by atoms with E-state index in [1.807, 2.05) is 37.3 Å². The Hall–Kier alpha value is -2.86. The van der Waals surface area contributed by atoms with Gasteiger partial charge in [-0.3, -0.25) is 4.79 Å². The van der Waals surface area contributed by atoms with Gasteiger partial charge in [-0.2, -0.15) is 4.98 Å². The van der Waals surface area contributed by atoms with Crippen LogP contribution in [0.5, 0.6) is 5.75 Å². The summed E-state index contributed by atoms with van der Waals surface area (Å²) in [5, 5.41) is 7.37. The molecule has 0 saturated carbocycles. The molecule has 0 aliphatic heterocycles. The number of carbonyl (C=O) groups excluding carboxylic acids is 1. The average molecular weight is 372 g/mol. The van der Waals surface area contributed by atoms with Crippen LogP contribution < -0.4 is 10.1 Å². The van der Waals surface area contributed by atoms with E-state index < -0.39 is 0 Å². The Morgan fingerprint density at radius 1 is 1.23 bits per heavy atom. The van der Waals surface area contributed by atoms with E-state index in [1.54, 1.807) is 18.2 Å². The number of amides is 1. The Morgan fingerprint density at radius 3 is 2.88 bits per heavy atom. The molecular formula is C19H18ClN3O3. The second-order valence-electron chi connectivity index (χ2n) is 5.50. The quantitative estimate of drug-likeness (QED) is 0.667. The van der Waals surface area contributed by atoms with E-state index in [-0.39, 0.29) is 12.3 Å². The number of carbonyl (C=O) groups is 1. The molecule has 1 N–H and O–H groups in total. The highest BCUT2D eigenvalue weighted by atomic mass is 35.5. The predicted octanol–water partition coefficient (Wildman–Crippen LogP) is 4.36. The van der Waals surface area contributed by atoms with E-state index in [4.69, 9.17) is 20.9 Å². The minimum atomic E-state index is -0.153. The minimum absolute atomic E-state index is 0.153. The fraction of sp³-hybridized carbons (Fsp3) is 0.211. The van der Waals surface area contributed by atoms with E-state index in [0.29, 0.717) is 41.2 Å². The monoisotopic (exact) mass is 371 g/mol. The summed E-state index contributed by atoms with van der Waals surface area (Å²) in [6, 6.07) is 14.5. The molecule has 0 aliphatic rings. The summed E-state index contributed by atoms with van der Waals surface area (Å²) in [7, 11) is 0. The van der Waals surface area contributed by atoms with Crippen LogP contribution in [0.15, 0.2) is 53.1 Å². The van der Waals surface area contributed by atoms with Crippen molar-refractivity contribution in [1.29, 1.82) is 0 Å². The van der Waals surface area contributed by atoms with Gasteiger partial charge >= 0.3 is 0 Å². The smallest absolute Gasteiger partial charge is 0.227 e. The summed E-state index contributed by atoms with van der Waals surface area (Å²) in [6.45, 7) is 2.42. The van der Waals surface area contributed by atoms with Gasteiger partial charge in [-0.1, -0.05) is 41.0 Å². The molecule has 3 aromatic rings. The highest BCUT2D eigenvalue weighted by Gasteiger charge is 2.12. The third-order valence-electron chi connectivity index (χ3n) is 3.58. The van der Waals surface area contributed by atoms with E-state index >= 15 is 0 Å². The number of ether oxygens (including phenoxy) is 1. The largest absolute Gasteiger partial charge is 0.492 e. The van der Waals surface area contributed by atoms with Gasteiger partial charge in [0.05, 0.1) is 12.3 Å². The molecule has 6 nitrogen and oxygen atoms in total. The van der Waals surface area contributed by atoms with Crippen LogP contribution in [0.3, 0.4) is 0 Å². The van der Waals surface area contributed by atoms with Crippen molar-refractivity contribution < 1.29 is 14.1 Å². The maximum Gasteiger partial charge on any atom is 0.227 e. The third kappa shape index (κ3) is 4.61. The number of rotatable bonds is 7. The lowest BCUT2D eigenvalue weighted by Gasteiger charge is -2.10. The number of para-hydroxylation sites is 2. The number of hydrogen-bond acceptors (Lipinski definition) is 5. The standard InChI is InChI=1S/C19H18ClN3O3/c1-2-25-16-9-4-3-8-15(16)21-17(24)10-11-18-22-19(23-26-18)13-6-5-7-14(20)12-13/h3-9,12H,2,10-11H2,1H3,(H,21,24). The molecule has 0 aliphatic carbocycles. The first-order valence-corrected chi connectivity index (χ1v) is 8.63. The van der Waals surface area contributed by atoms with Crippen LogP contribution in [-0.4, -0.2) is 22.7 Å². The lowest BCUT2D eigenvalue weighted by atomic mass is 10.2. The number of nitrogens with one attached hydrogen (secondary N) is 1. The van der Waals surface area contributed by atoms with Crippen LogP contribution in [0.4, 0.5) is 5.69 Å². The number of hydrogen-bond donors (Lipinski definition) is 1. The average Bonchev–Trinajstić information content (AvgIpc) is 3.11. The van der Waals surface area contributed by atoms with Gasteiger partial charge in [-0.05, 0) is 31.2 Å². The topological polar surface area (TPSA) is 77.2 Å². The van der Waals surface area contributed by atoms with Gasteiger partial charge in [0.1, 0.15) is 5.75 Å². The zero-order valence-electron chi connectivity index (χ0n) is 14.2. The van der Waals surface area contributed by atoms with Gasteiger partial charge in [0.25, 0.3) is 0 Å². The molecule has 0 spiro atoms. The van der Waals surface area contributed by atoms with Crippen molar-refractivity contribution in [3.63, 3.8) is 0 Å². The maximum absolute atomic E-state index is 12.2. The number of halogens is 1. The Balaban J connectivity index is 1.59. The molecule has 0 atom stereocenters. The van der Waals surface area contributed by atoms with E-state index in [1.165, 1.54) is 0 Å². The number of anilines is 1. The Bertz CT molecular complexity index is 895. The van der Waals surface area contributed by atoms with Crippen LogP contribution in [0.25, 0.3) is 11.4 Å². The molecule has 0 radical (unpaired) electrons. The van der Waals surface area contributed by atoms with E-state index in [9.17, 15) is 4.79 Å². The van der Waals surface area contributed by atoms with Crippen molar-refractivity contribution in [2.75, 3.05) is 11.9 Å². The van der Waals surface area contributed by atoms with Gasteiger partial charge in [0.2, 0.25) is 17.6 Å². The number of aryl methyl sites for hydroxylation is 1. The molecule has 3 rings (SSSR count). The van der Waals surface area contributed by atoms with Gasteiger partial charge in [-0.25, -0.2) is 0 Å². The van der Waals surface area contributed by atoms with Crippen molar-refractivity contribution in [2.24, 2.45) is 0 Å². The molecule has 1 amide bonds. The summed E-state index contributed by atoms with van der Waals surface area (Å²) in [4.78, 5) is 16.5. The van der Waals surface area contributed by atoms with Crippen LogP contribution in [0.2, 0.25) is 5.02 Å². The van der Waals surface area contributed by atoms with Gasteiger partial charge in [-0.15, -0.1) is 0 Å². The summed E-state index contributed by atoms with van der Waals surface area (Å²) in [6.07, 6.45) is 0.563. The molecule has 0 bridgehead atoms. The third-order valence-corrected chi connectivity index (χ3v) is 3.81. The molecule has 0 unspecified atom stereocenters. The van der Waals surface area contributed by atoms with Gasteiger partial charge in [0.15, 0.2) is 0 Å². The van der Waals surface area contributed by atoms with Gasteiger partial charge < -0.3 is 14.6 Å². The summed E-state index contributed by atoms with van der Waals surface area (Å²) < 4.78 is 10.7. The predicted molar refractivity (Wildman–Crippen MR) is 99.3 cm³/mol. The fourth-order valence-electron chi connectivity index (χ4n) is 2.39. The van der Waals surface area contributed by atoms with Crippen molar-refractivity contribution in [2.45, 2.75) is 19.8 Å². The van der Waals surface area contributed by atoms with Crippen molar-refractivity contribution in [1.82, 2.24) is 10.1 Å². The second kappa shape index (κ2) is 8.49. The maximum atomic E-state index is 12.2. The first kappa shape index (κ1) is 17.9. The first-order chi connectivity index (χ1) is 12.7. The zero-order valence-corrected chi connectivity index (χ0v) is 15.0. The van der Waals surface area contributed by atoms with Crippen molar-refractivity contribution in [3.8, 4) is 17.1 Å². The lowest BCUT2D eigenvalue weighted by Crippen LogP contribution is -2.13. The minimum Gasteiger partial charge on any atom is -0.492 e. The van der Waals surface area contributed by atoms with Crippen molar-refractivity contribution >= 4 is 23.2 Å². The lowest BCUT2D eigenvalue weighted by molar-refractivity contribution is -0.116. The van der Waals surface area contributed by atoms with Crippen LogP contribution in [0.1, 0.15) is 19.2 Å². The Labute approximate surface area is 156 Å². The van der Waals surface area contributed by atoms with Crippen LogP contribution in [-0.2, 0) is 11.2 Å². The molecule has 2 aromatic carbocycles. The first-order valence-electron chi connectivity index (χ1n) is 8.26. The molecule has 1 heterocycles. The summed E-state index contributed by atoms with van der Waals surface area (Å²) >= 11 is 5.97. The summed E-state index contributed by atoms with van der Waals surface area (Å²) in [5.74, 6) is 1.34. The number of aromatic nitrogens is 2. The van der Waals surface area contributed by atoms with E-state index in [0.717, 1.165) is 5.56 Å².